The van der Waals surface area contributed by atoms with Crippen molar-refractivity contribution in [2.24, 2.45) is 0 Å². The van der Waals surface area contributed by atoms with Crippen molar-refractivity contribution in [3.05, 3.63) is 35.0 Å². The molecule has 5 heteroatoms. The highest BCUT2D eigenvalue weighted by molar-refractivity contribution is 5.51. The molecule has 0 aliphatic carbocycles. The quantitative estimate of drug-likeness (QED) is 0.707. The second kappa shape index (κ2) is 3.80. The molecule has 2 aromatic heterocycles. The fourth-order valence-electron chi connectivity index (χ4n) is 1.21. The Bertz CT molecular complexity index is 547. The summed E-state index contributed by atoms with van der Waals surface area (Å²) in [6, 6.07) is 1.45. The number of aromatic nitrogens is 4. The minimum atomic E-state index is -0.173. The van der Waals surface area contributed by atoms with E-state index in [1.807, 2.05) is 0 Å². The minimum absolute atomic E-state index is 0.173. The lowest BCUT2D eigenvalue weighted by Gasteiger charge is -1.95. The van der Waals surface area contributed by atoms with Crippen LogP contribution >= 0.6 is 0 Å². The number of nitrogens with one attached hydrogen (secondary N) is 1. The Labute approximate surface area is 85.8 Å². The average Bonchev–Trinajstić information content (AvgIpc) is 2.63. The Morgan fingerprint density at radius 3 is 3.07 bits per heavy atom. The molecule has 2 aromatic rings. The molecule has 0 radical (unpaired) electrons. The van der Waals surface area contributed by atoms with Crippen molar-refractivity contribution in [1.29, 1.82) is 0 Å². The summed E-state index contributed by atoms with van der Waals surface area (Å²) in [5.41, 5.74) is 1.06. The van der Waals surface area contributed by atoms with Crippen LogP contribution in [0.3, 0.4) is 0 Å². The van der Waals surface area contributed by atoms with Crippen LogP contribution in [0.1, 0.15) is 0 Å². The van der Waals surface area contributed by atoms with Gasteiger partial charge in [0.2, 0.25) is 0 Å². The zero-order valence-electron chi connectivity index (χ0n) is 7.84. The SMILES string of the molecule is C#CCn1[nH]c(-c2cnccn2)cc1=O. The molecule has 1 N–H and O–H groups in total. The number of rotatable bonds is 2. The highest BCUT2D eigenvalue weighted by atomic mass is 16.1. The van der Waals surface area contributed by atoms with Crippen molar-refractivity contribution in [3.63, 3.8) is 0 Å². The molecule has 0 saturated carbocycles. The summed E-state index contributed by atoms with van der Waals surface area (Å²) in [4.78, 5) is 19.4. The smallest absolute Gasteiger partial charge is 0.268 e. The summed E-state index contributed by atoms with van der Waals surface area (Å²) in [7, 11) is 0. The van der Waals surface area contributed by atoms with Gasteiger partial charge in [0.05, 0.1) is 11.9 Å². The second-order valence-corrected chi connectivity index (χ2v) is 2.89. The normalized spacial score (nSPS) is 9.80. The molecule has 0 unspecified atom stereocenters. The zero-order chi connectivity index (χ0) is 10.7. The molecule has 2 rings (SSSR count). The highest BCUT2D eigenvalue weighted by Crippen LogP contribution is 2.08. The highest BCUT2D eigenvalue weighted by Gasteiger charge is 2.04. The van der Waals surface area contributed by atoms with E-state index in [0.29, 0.717) is 11.4 Å². The Morgan fingerprint density at radius 2 is 2.40 bits per heavy atom. The van der Waals surface area contributed by atoms with E-state index in [0.717, 1.165) is 0 Å². The van der Waals surface area contributed by atoms with E-state index in [2.05, 4.69) is 21.0 Å². The monoisotopic (exact) mass is 200 g/mol. The van der Waals surface area contributed by atoms with Gasteiger partial charge in [-0.15, -0.1) is 6.42 Å². The molecular formula is C10H8N4O. The van der Waals surface area contributed by atoms with Crippen LogP contribution in [-0.2, 0) is 6.54 Å². The van der Waals surface area contributed by atoms with Crippen LogP contribution in [0.5, 0.6) is 0 Å². The molecule has 5 nitrogen and oxygen atoms in total. The first-order chi connectivity index (χ1) is 7.31. The van der Waals surface area contributed by atoms with Crippen molar-refractivity contribution in [2.45, 2.75) is 6.54 Å². The molecular weight excluding hydrogens is 192 g/mol. The number of H-pyrrole nitrogens is 1. The minimum Gasteiger partial charge on any atom is -0.292 e. The van der Waals surface area contributed by atoms with Crippen LogP contribution in [-0.4, -0.2) is 19.7 Å². The number of hydrogen-bond acceptors (Lipinski definition) is 3. The first-order valence-electron chi connectivity index (χ1n) is 4.31. The lowest BCUT2D eigenvalue weighted by atomic mass is 10.3. The van der Waals surface area contributed by atoms with Gasteiger partial charge >= 0.3 is 0 Å². The predicted octanol–water partition coefficient (Wildman–Crippen LogP) is 0.267. The Hall–Kier alpha value is -2.35. The molecule has 0 amide bonds. The third-order valence-corrected chi connectivity index (χ3v) is 1.88. The van der Waals surface area contributed by atoms with E-state index < -0.39 is 0 Å². The van der Waals surface area contributed by atoms with Gasteiger partial charge in [0.1, 0.15) is 12.2 Å². The van der Waals surface area contributed by atoms with Crippen molar-refractivity contribution in [3.8, 4) is 23.7 Å². The molecule has 2 heterocycles. The maximum atomic E-state index is 11.4. The van der Waals surface area contributed by atoms with Crippen molar-refractivity contribution < 1.29 is 0 Å². The number of aromatic amines is 1. The first-order valence-corrected chi connectivity index (χ1v) is 4.31. The van der Waals surface area contributed by atoms with Crippen LogP contribution in [0.15, 0.2) is 29.5 Å². The number of terminal acetylenes is 1. The van der Waals surface area contributed by atoms with E-state index >= 15 is 0 Å². The van der Waals surface area contributed by atoms with Crippen molar-refractivity contribution >= 4 is 0 Å². The van der Waals surface area contributed by atoms with Gasteiger partial charge in [-0.3, -0.25) is 19.9 Å². The average molecular weight is 200 g/mol. The lowest BCUT2D eigenvalue weighted by molar-refractivity contribution is 0.692. The summed E-state index contributed by atoms with van der Waals surface area (Å²) in [5.74, 6) is 2.39. The zero-order valence-corrected chi connectivity index (χ0v) is 7.84. The van der Waals surface area contributed by atoms with Crippen LogP contribution < -0.4 is 5.56 Å². The van der Waals surface area contributed by atoms with Gasteiger partial charge < -0.3 is 0 Å². The molecule has 0 spiro atoms. The predicted molar refractivity (Wildman–Crippen MR) is 54.9 cm³/mol. The van der Waals surface area contributed by atoms with E-state index in [1.54, 1.807) is 18.6 Å². The van der Waals surface area contributed by atoms with Crippen LogP contribution in [0.2, 0.25) is 0 Å². The molecule has 15 heavy (non-hydrogen) atoms. The van der Waals surface area contributed by atoms with Gasteiger partial charge in [-0.2, -0.15) is 0 Å². The van der Waals surface area contributed by atoms with Gasteiger partial charge in [0.15, 0.2) is 0 Å². The Balaban J connectivity index is 2.44. The third kappa shape index (κ3) is 1.79. The molecule has 0 atom stereocenters. The molecule has 0 fully saturated rings. The van der Waals surface area contributed by atoms with E-state index in [-0.39, 0.29) is 12.1 Å². The standard InChI is InChI=1S/C10H8N4O/c1-2-5-14-10(15)6-8(13-14)9-7-11-3-4-12-9/h1,3-4,6-7,13H,5H2. The van der Waals surface area contributed by atoms with Gasteiger partial charge in [0.25, 0.3) is 5.56 Å². The van der Waals surface area contributed by atoms with Crippen LogP contribution in [0.4, 0.5) is 0 Å². The fourth-order valence-corrected chi connectivity index (χ4v) is 1.21. The van der Waals surface area contributed by atoms with Crippen LogP contribution in [0, 0.1) is 12.3 Å². The molecule has 0 bridgehead atoms. The van der Waals surface area contributed by atoms with Crippen LogP contribution in [0.25, 0.3) is 11.4 Å². The van der Waals surface area contributed by atoms with Gasteiger partial charge in [-0.25, -0.2) is 4.68 Å². The largest absolute Gasteiger partial charge is 0.292 e. The third-order valence-electron chi connectivity index (χ3n) is 1.88. The second-order valence-electron chi connectivity index (χ2n) is 2.89. The van der Waals surface area contributed by atoms with E-state index in [1.165, 1.54) is 10.7 Å². The summed E-state index contributed by atoms with van der Waals surface area (Å²) >= 11 is 0. The number of nitrogens with zero attached hydrogens (tertiary/aromatic N) is 3. The molecule has 0 saturated heterocycles. The van der Waals surface area contributed by atoms with Gasteiger partial charge in [0, 0.05) is 18.5 Å². The summed E-state index contributed by atoms with van der Waals surface area (Å²) in [5, 5.41) is 2.86. The lowest BCUT2D eigenvalue weighted by Crippen LogP contribution is -2.14. The topological polar surface area (TPSA) is 63.6 Å². The van der Waals surface area contributed by atoms with Gasteiger partial charge in [-0.1, -0.05) is 5.92 Å². The molecule has 0 aromatic carbocycles. The summed E-state index contributed by atoms with van der Waals surface area (Å²) in [6.45, 7) is 0.221. The summed E-state index contributed by atoms with van der Waals surface area (Å²) in [6.07, 6.45) is 9.83. The maximum Gasteiger partial charge on any atom is 0.268 e. The molecule has 74 valence electrons. The fraction of sp³-hybridized carbons (Fsp3) is 0.100. The van der Waals surface area contributed by atoms with E-state index in [9.17, 15) is 4.79 Å². The Kier molecular flexibility index (Phi) is 2.33. The maximum absolute atomic E-state index is 11.4. The first kappa shape index (κ1) is 9.21. The summed E-state index contributed by atoms with van der Waals surface area (Å²) < 4.78 is 1.34. The van der Waals surface area contributed by atoms with E-state index in [4.69, 9.17) is 6.42 Å². The number of hydrogen-bond donors (Lipinski definition) is 1. The van der Waals surface area contributed by atoms with Gasteiger partial charge in [-0.05, 0) is 0 Å². The Morgan fingerprint density at radius 1 is 1.53 bits per heavy atom. The molecule has 0 aliphatic rings. The van der Waals surface area contributed by atoms with Crippen molar-refractivity contribution in [2.75, 3.05) is 0 Å². The molecule has 0 aliphatic heterocycles. The van der Waals surface area contributed by atoms with Crippen molar-refractivity contribution in [1.82, 2.24) is 19.7 Å².